The predicted molar refractivity (Wildman–Crippen MR) is 70.6 cm³/mol. The van der Waals surface area contributed by atoms with Crippen LogP contribution in [0.15, 0.2) is 23.1 Å². The van der Waals surface area contributed by atoms with Crippen molar-refractivity contribution in [3.63, 3.8) is 0 Å². The third-order valence-corrected chi connectivity index (χ3v) is 3.58. The molecule has 0 heterocycles. The van der Waals surface area contributed by atoms with Crippen molar-refractivity contribution in [3.8, 4) is 0 Å². The molecular weight excluding hydrogens is 353 g/mol. The maximum absolute atomic E-state index is 12.4. The monoisotopic (exact) mass is 360 g/mol. The first-order valence-corrected chi connectivity index (χ1v) is 7.14. The number of hydrogen-bond acceptors (Lipinski definition) is 2. The zero-order valence-corrected chi connectivity index (χ0v) is 12.4. The summed E-state index contributed by atoms with van der Waals surface area (Å²) < 4.78 is 37.1. The van der Waals surface area contributed by atoms with Crippen molar-refractivity contribution in [2.24, 2.45) is 0 Å². The summed E-state index contributed by atoms with van der Waals surface area (Å²) in [5.74, 6) is -0.248. The Bertz CT molecular complexity index is 448. The van der Waals surface area contributed by atoms with Gasteiger partial charge in [-0.3, -0.25) is 4.79 Å². The standard InChI is InChI=1S/C11H9BrClF3OS/c1-6(12)10(17)8-4-7(5-13)2-3-9(8)18-11(14,15)16/h2-4,6H,5H2,1H3. The molecule has 1 aromatic carbocycles. The molecular formula is C11H9BrClF3OS. The van der Waals surface area contributed by atoms with Gasteiger partial charge in [-0.25, -0.2) is 0 Å². The minimum atomic E-state index is -4.42. The van der Waals surface area contributed by atoms with E-state index in [0.717, 1.165) is 0 Å². The van der Waals surface area contributed by atoms with E-state index in [2.05, 4.69) is 15.9 Å². The van der Waals surface area contributed by atoms with E-state index in [1.165, 1.54) is 18.2 Å². The molecule has 18 heavy (non-hydrogen) atoms. The molecule has 100 valence electrons. The number of carbonyl (C=O) groups is 1. The molecule has 1 nitrogen and oxygen atoms in total. The Hall–Kier alpha value is -0.200. The minimum absolute atomic E-state index is 0.0415. The number of rotatable bonds is 4. The van der Waals surface area contributed by atoms with Gasteiger partial charge >= 0.3 is 5.51 Å². The lowest BCUT2D eigenvalue weighted by Crippen LogP contribution is -2.13. The molecule has 0 aliphatic heterocycles. The van der Waals surface area contributed by atoms with Gasteiger partial charge in [-0.2, -0.15) is 13.2 Å². The van der Waals surface area contributed by atoms with Gasteiger partial charge in [0.05, 0.1) is 4.83 Å². The molecule has 0 aromatic heterocycles. The smallest absolute Gasteiger partial charge is 0.293 e. The Labute approximate surface area is 120 Å². The van der Waals surface area contributed by atoms with Crippen molar-refractivity contribution < 1.29 is 18.0 Å². The quantitative estimate of drug-likeness (QED) is 0.426. The Balaban J connectivity index is 3.20. The van der Waals surface area contributed by atoms with Crippen molar-refractivity contribution in [2.45, 2.75) is 28.0 Å². The average Bonchev–Trinajstić information content (AvgIpc) is 2.26. The second-order valence-corrected chi connectivity index (χ2v) is 6.24. The topological polar surface area (TPSA) is 17.1 Å². The number of ketones is 1. The fourth-order valence-corrected chi connectivity index (χ4v) is 2.35. The van der Waals surface area contributed by atoms with E-state index in [0.29, 0.717) is 5.56 Å². The average molecular weight is 362 g/mol. The molecule has 7 heteroatoms. The van der Waals surface area contributed by atoms with Crippen LogP contribution in [0, 0.1) is 0 Å². The fourth-order valence-electron chi connectivity index (χ4n) is 1.28. The molecule has 0 fully saturated rings. The molecule has 0 radical (unpaired) electrons. The molecule has 0 spiro atoms. The van der Waals surface area contributed by atoms with Crippen LogP contribution in [0.2, 0.25) is 0 Å². The highest BCUT2D eigenvalue weighted by molar-refractivity contribution is 9.10. The number of thioether (sulfide) groups is 1. The van der Waals surface area contributed by atoms with E-state index in [-0.39, 0.29) is 28.1 Å². The van der Waals surface area contributed by atoms with Crippen molar-refractivity contribution in [1.29, 1.82) is 0 Å². The molecule has 1 aromatic rings. The van der Waals surface area contributed by atoms with Crippen LogP contribution in [-0.4, -0.2) is 16.1 Å². The number of benzene rings is 1. The summed E-state index contributed by atoms with van der Waals surface area (Å²) in [6, 6.07) is 4.16. The highest BCUT2D eigenvalue weighted by Gasteiger charge is 2.31. The van der Waals surface area contributed by atoms with Crippen molar-refractivity contribution >= 4 is 45.1 Å². The van der Waals surface area contributed by atoms with Crippen molar-refractivity contribution in [1.82, 2.24) is 0 Å². The van der Waals surface area contributed by atoms with Gasteiger partial charge in [-0.1, -0.05) is 22.0 Å². The number of Topliss-reactive ketones (excluding diaryl/α,β-unsaturated/α-hetero) is 1. The zero-order chi connectivity index (χ0) is 13.9. The van der Waals surface area contributed by atoms with E-state index >= 15 is 0 Å². The van der Waals surface area contributed by atoms with Crippen LogP contribution in [0.1, 0.15) is 22.8 Å². The van der Waals surface area contributed by atoms with Crippen molar-refractivity contribution in [3.05, 3.63) is 29.3 Å². The minimum Gasteiger partial charge on any atom is -0.293 e. The molecule has 0 N–H and O–H groups in total. The molecule has 1 unspecified atom stereocenters. The van der Waals surface area contributed by atoms with Gasteiger partial charge in [0.15, 0.2) is 5.78 Å². The molecule has 0 saturated heterocycles. The summed E-state index contributed by atoms with van der Waals surface area (Å²) in [5.41, 5.74) is -3.77. The second kappa shape index (κ2) is 6.30. The normalized spacial score (nSPS) is 13.4. The van der Waals surface area contributed by atoms with Gasteiger partial charge in [0.25, 0.3) is 0 Å². The molecule has 0 aliphatic rings. The summed E-state index contributed by atoms with van der Waals surface area (Å²) in [6.45, 7) is 1.57. The van der Waals surface area contributed by atoms with Crippen LogP contribution in [0.25, 0.3) is 0 Å². The highest BCUT2D eigenvalue weighted by atomic mass is 79.9. The molecule has 0 bridgehead atoms. The SMILES string of the molecule is CC(Br)C(=O)c1cc(CCl)ccc1SC(F)(F)F. The maximum atomic E-state index is 12.4. The molecule has 1 atom stereocenters. The number of halogens is 5. The van der Waals surface area contributed by atoms with Gasteiger partial charge in [-0.15, -0.1) is 11.6 Å². The predicted octanol–water partition coefficient (Wildman–Crippen LogP) is 5.00. The maximum Gasteiger partial charge on any atom is 0.446 e. The van der Waals surface area contributed by atoms with Gasteiger partial charge < -0.3 is 0 Å². The van der Waals surface area contributed by atoms with E-state index in [1.54, 1.807) is 6.92 Å². The third-order valence-electron chi connectivity index (χ3n) is 2.05. The Kier molecular flexibility index (Phi) is 5.55. The van der Waals surface area contributed by atoms with Crippen molar-refractivity contribution in [2.75, 3.05) is 0 Å². The summed E-state index contributed by atoms with van der Waals surface area (Å²) in [7, 11) is 0. The lowest BCUT2D eigenvalue weighted by Gasteiger charge is -2.12. The first-order chi connectivity index (χ1) is 8.24. The van der Waals surface area contributed by atoms with Crippen LogP contribution < -0.4 is 0 Å². The first-order valence-electron chi connectivity index (χ1n) is 4.87. The van der Waals surface area contributed by atoms with Crippen LogP contribution in [-0.2, 0) is 5.88 Å². The van der Waals surface area contributed by atoms with Crippen LogP contribution in [0.5, 0.6) is 0 Å². The number of hydrogen-bond donors (Lipinski definition) is 0. The second-order valence-electron chi connectivity index (χ2n) is 3.49. The first kappa shape index (κ1) is 15.9. The summed E-state index contributed by atoms with van der Waals surface area (Å²) in [5, 5.41) is 0. The largest absolute Gasteiger partial charge is 0.446 e. The molecule has 0 saturated carbocycles. The van der Waals surface area contributed by atoms with Gasteiger partial charge in [0, 0.05) is 16.3 Å². The molecule has 0 amide bonds. The molecule has 0 aliphatic carbocycles. The lowest BCUT2D eigenvalue weighted by atomic mass is 10.1. The summed E-state index contributed by atoms with van der Waals surface area (Å²) >= 11 is 8.39. The van der Waals surface area contributed by atoms with Gasteiger partial charge in [0.1, 0.15) is 0 Å². The van der Waals surface area contributed by atoms with Crippen LogP contribution >= 0.6 is 39.3 Å². The van der Waals surface area contributed by atoms with E-state index < -0.39 is 16.1 Å². The fraction of sp³-hybridized carbons (Fsp3) is 0.364. The molecule has 1 rings (SSSR count). The van der Waals surface area contributed by atoms with E-state index in [9.17, 15) is 18.0 Å². The number of alkyl halides is 5. The summed E-state index contributed by atoms with van der Waals surface area (Å²) in [6.07, 6.45) is 0. The lowest BCUT2D eigenvalue weighted by molar-refractivity contribution is -0.0328. The zero-order valence-electron chi connectivity index (χ0n) is 9.22. The summed E-state index contributed by atoms with van der Waals surface area (Å²) in [4.78, 5) is 11.2. The van der Waals surface area contributed by atoms with E-state index in [1.807, 2.05) is 0 Å². The third kappa shape index (κ3) is 4.48. The number of carbonyl (C=O) groups excluding carboxylic acids is 1. The highest BCUT2D eigenvalue weighted by Crippen LogP contribution is 2.39. The van der Waals surface area contributed by atoms with Crippen LogP contribution in [0.4, 0.5) is 13.2 Å². The Morgan fingerprint density at radius 1 is 1.50 bits per heavy atom. The Morgan fingerprint density at radius 2 is 2.11 bits per heavy atom. The Morgan fingerprint density at radius 3 is 2.56 bits per heavy atom. The van der Waals surface area contributed by atoms with Gasteiger partial charge in [-0.05, 0) is 36.4 Å². The van der Waals surface area contributed by atoms with Gasteiger partial charge in [0.2, 0.25) is 0 Å². The van der Waals surface area contributed by atoms with Crippen LogP contribution in [0.3, 0.4) is 0 Å². The van der Waals surface area contributed by atoms with E-state index in [4.69, 9.17) is 11.6 Å².